The summed E-state index contributed by atoms with van der Waals surface area (Å²) in [6, 6.07) is 5.61. The van der Waals surface area contributed by atoms with Gasteiger partial charge in [0.25, 0.3) is 0 Å². The number of carboxylic acids is 1. The first-order valence-corrected chi connectivity index (χ1v) is 9.97. The third kappa shape index (κ3) is 3.90. The first-order valence-electron chi connectivity index (χ1n) is 8.37. The van der Waals surface area contributed by atoms with Gasteiger partial charge in [0.2, 0.25) is 0 Å². The Morgan fingerprint density at radius 3 is 2.58 bits per heavy atom. The van der Waals surface area contributed by atoms with Crippen molar-refractivity contribution >= 4 is 29.3 Å². The second-order valence-electron chi connectivity index (χ2n) is 6.57. The Morgan fingerprint density at radius 2 is 2.04 bits per heavy atom. The van der Waals surface area contributed by atoms with E-state index in [0.29, 0.717) is 30.6 Å². The average molecular weight is 371 g/mol. The Labute approximate surface area is 151 Å². The lowest BCUT2D eigenvalue weighted by Gasteiger charge is -2.36. The van der Waals surface area contributed by atoms with E-state index in [1.54, 1.807) is 17.8 Å². The fourth-order valence-electron chi connectivity index (χ4n) is 3.75. The first-order chi connectivity index (χ1) is 11.5. The van der Waals surface area contributed by atoms with Crippen molar-refractivity contribution in [2.24, 2.45) is 5.92 Å². The number of benzene rings is 1. The molecule has 1 N–H and O–H groups in total. The highest BCUT2D eigenvalue weighted by Crippen LogP contribution is 2.42. The van der Waals surface area contributed by atoms with E-state index in [2.05, 4.69) is 0 Å². The Balaban J connectivity index is 1.66. The quantitative estimate of drug-likeness (QED) is 0.770. The van der Waals surface area contributed by atoms with Crippen LogP contribution >= 0.6 is 23.4 Å². The van der Waals surface area contributed by atoms with Gasteiger partial charge in [-0.25, -0.2) is 0 Å². The van der Waals surface area contributed by atoms with Crippen molar-refractivity contribution in [2.45, 2.75) is 48.7 Å². The molecule has 1 aromatic rings. The van der Waals surface area contributed by atoms with Crippen LogP contribution in [0.1, 0.15) is 43.6 Å². The van der Waals surface area contributed by atoms with Gasteiger partial charge in [-0.2, -0.15) is 0 Å². The van der Waals surface area contributed by atoms with Crippen LogP contribution in [-0.4, -0.2) is 36.3 Å². The van der Waals surface area contributed by atoms with E-state index in [-0.39, 0.29) is 0 Å². The van der Waals surface area contributed by atoms with E-state index >= 15 is 0 Å². The highest BCUT2D eigenvalue weighted by Gasteiger charge is 2.41. The second-order valence-corrected chi connectivity index (χ2v) is 7.83. The minimum atomic E-state index is -0.781. The fraction of sp³-hybridized carbons (Fsp3) is 0.611. The van der Waals surface area contributed by atoms with E-state index in [0.717, 1.165) is 36.1 Å². The van der Waals surface area contributed by atoms with Crippen LogP contribution in [0.15, 0.2) is 23.1 Å². The number of carboxylic acid groups (broad SMARTS) is 1. The molecule has 132 valence electrons. The van der Waals surface area contributed by atoms with Gasteiger partial charge in [0.1, 0.15) is 0 Å². The summed E-state index contributed by atoms with van der Waals surface area (Å²) in [5.41, 5.74) is 0.791. The average Bonchev–Trinajstić information content (AvgIpc) is 3.02. The molecule has 0 bridgehead atoms. The Morgan fingerprint density at radius 1 is 1.38 bits per heavy atom. The summed E-state index contributed by atoms with van der Waals surface area (Å²) in [6.45, 7) is 1.34. The third-order valence-corrected chi connectivity index (χ3v) is 6.35. The molecule has 1 aliphatic carbocycles. The van der Waals surface area contributed by atoms with Crippen LogP contribution in [0.3, 0.4) is 0 Å². The Kier molecular flexibility index (Phi) is 5.75. The smallest absolute Gasteiger partial charge is 0.310 e. The number of carbonyl (C=O) groups is 1. The fourth-order valence-corrected chi connectivity index (χ4v) is 4.63. The molecular formula is C18H23ClO4S. The summed E-state index contributed by atoms with van der Waals surface area (Å²) in [5, 5.41) is 10.3. The summed E-state index contributed by atoms with van der Waals surface area (Å²) in [6.07, 6.45) is 6.20. The molecule has 6 heteroatoms. The molecule has 1 saturated carbocycles. The van der Waals surface area contributed by atoms with Crippen molar-refractivity contribution in [1.29, 1.82) is 0 Å². The predicted molar refractivity (Wildman–Crippen MR) is 94.8 cm³/mol. The predicted octanol–water partition coefficient (Wildman–Crippen LogP) is 4.55. The standard InChI is InChI=1S/C18H23ClO4S/c1-24-16-3-2-13(11-15(16)19)14(17(20)21)10-12-4-6-18(7-5-12)22-8-9-23-18/h2-3,11-12,14H,4-10H2,1H3,(H,20,21). The Hall–Kier alpha value is -0.750. The second kappa shape index (κ2) is 7.65. The van der Waals surface area contributed by atoms with Crippen LogP contribution in [0, 0.1) is 5.92 Å². The number of hydrogen-bond donors (Lipinski definition) is 1. The van der Waals surface area contributed by atoms with Gasteiger partial charge in [-0.15, -0.1) is 11.8 Å². The maximum atomic E-state index is 11.8. The van der Waals surface area contributed by atoms with E-state index in [4.69, 9.17) is 21.1 Å². The molecule has 1 spiro atoms. The van der Waals surface area contributed by atoms with Gasteiger partial charge < -0.3 is 14.6 Å². The molecule has 0 aromatic heterocycles. The van der Waals surface area contributed by atoms with Crippen molar-refractivity contribution in [3.05, 3.63) is 28.8 Å². The van der Waals surface area contributed by atoms with Gasteiger partial charge in [0, 0.05) is 17.7 Å². The summed E-state index contributed by atoms with van der Waals surface area (Å²) in [5.74, 6) is -1.30. The normalized spacial score (nSPS) is 21.9. The number of thioether (sulfide) groups is 1. The van der Waals surface area contributed by atoms with Crippen molar-refractivity contribution < 1.29 is 19.4 Å². The van der Waals surface area contributed by atoms with Crippen LogP contribution in [0.4, 0.5) is 0 Å². The van der Waals surface area contributed by atoms with Crippen molar-refractivity contribution in [3.8, 4) is 0 Å². The lowest BCUT2D eigenvalue weighted by Crippen LogP contribution is -2.35. The summed E-state index contributed by atoms with van der Waals surface area (Å²) in [7, 11) is 0. The highest BCUT2D eigenvalue weighted by molar-refractivity contribution is 7.98. The van der Waals surface area contributed by atoms with E-state index < -0.39 is 17.7 Å². The molecule has 1 unspecified atom stereocenters. The SMILES string of the molecule is CSc1ccc(C(CC2CCC3(CC2)OCCO3)C(=O)O)cc1Cl. The molecule has 1 aromatic carbocycles. The maximum absolute atomic E-state index is 11.8. The molecule has 0 amide bonds. The van der Waals surface area contributed by atoms with Crippen LogP contribution in [0.5, 0.6) is 0 Å². The van der Waals surface area contributed by atoms with Crippen LogP contribution in [-0.2, 0) is 14.3 Å². The van der Waals surface area contributed by atoms with Gasteiger partial charge in [0.15, 0.2) is 5.79 Å². The lowest BCUT2D eigenvalue weighted by atomic mass is 9.78. The van der Waals surface area contributed by atoms with Crippen molar-refractivity contribution in [2.75, 3.05) is 19.5 Å². The minimum Gasteiger partial charge on any atom is -0.481 e. The number of hydrogen-bond acceptors (Lipinski definition) is 4. The molecule has 1 aliphatic heterocycles. The van der Waals surface area contributed by atoms with Crippen molar-refractivity contribution in [3.63, 3.8) is 0 Å². The van der Waals surface area contributed by atoms with Gasteiger partial charge in [-0.05, 0) is 49.1 Å². The van der Waals surface area contributed by atoms with E-state index in [1.807, 2.05) is 18.4 Å². The molecule has 1 atom stereocenters. The lowest BCUT2D eigenvalue weighted by molar-refractivity contribution is -0.183. The van der Waals surface area contributed by atoms with Gasteiger partial charge in [-0.3, -0.25) is 4.79 Å². The van der Waals surface area contributed by atoms with Crippen LogP contribution in [0.25, 0.3) is 0 Å². The Bertz CT molecular complexity index is 591. The molecule has 1 saturated heterocycles. The third-order valence-electron chi connectivity index (χ3n) is 5.13. The number of aliphatic carboxylic acids is 1. The highest BCUT2D eigenvalue weighted by atomic mass is 35.5. The van der Waals surface area contributed by atoms with Gasteiger partial charge in [0.05, 0.1) is 24.2 Å². The minimum absolute atomic E-state index is 0.378. The molecule has 2 fully saturated rings. The molecule has 1 heterocycles. The van der Waals surface area contributed by atoms with E-state index in [1.165, 1.54) is 0 Å². The summed E-state index contributed by atoms with van der Waals surface area (Å²) < 4.78 is 11.5. The summed E-state index contributed by atoms with van der Waals surface area (Å²) in [4.78, 5) is 12.8. The van der Waals surface area contributed by atoms with Crippen LogP contribution in [0.2, 0.25) is 5.02 Å². The maximum Gasteiger partial charge on any atom is 0.310 e. The van der Waals surface area contributed by atoms with Gasteiger partial charge in [-0.1, -0.05) is 17.7 Å². The molecule has 3 rings (SSSR count). The monoisotopic (exact) mass is 370 g/mol. The molecule has 24 heavy (non-hydrogen) atoms. The number of ether oxygens (including phenoxy) is 2. The zero-order chi connectivity index (χ0) is 17.2. The van der Waals surface area contributed by atoms with Gasteiger partial charge >= 0.3 is 5.97 Å². The molecule has 2 aliphatic rings. The van der Waals surface area contributed by atoms with Crippen LogP contribution < -0.4 is 0 Å². The molecule has 4 nitrogen and oxygen atoms in total. The van der Waals surface area contributed by atoms with E-state index in [9.17, 15) is 9.90 Å². The zero-order valence-electron chi connectivity index (χ0n) is 13.8. The largest absolute Gasteiger partial charge is 0.481 e. The number of rotatable bonds is 5. The molecular weight excluding hydrogens is 348 g/mol. The molecule has 0 radical (unpaired) electrons. The topological polar surface area (TPSA) is 55.8 Å². The first kappa shape index (κ1) is 18.1. The summed E-state index contributed by atoms with van der Waals surface area (Å²) >= 11 is 7.82. The zero-order valence-corrected chi connectivity index (χ0v) is 15.4. The number of halogens is 1. The van der Waals surface area contributed by atoms with Crippen molar-refractivity contribution in [1.82, 2.24) is 0 Å².